The number of carboxylic acids is 1. The lowest BCUT2D eigenvalue weighted by atomic mass is 9.94. The van der Waals surface area contributed by atoms with E-state index in [1.807, 2.05) is 6.92 Å². The van der Waals surface area contributed by atoms with Crippen molar-refractivity contribution in [2.75, 3.05) is 6.54 Å². The van der Waals surface area contributed by atoms with Gasteiger partial charge in [0.15, 0.2) is 0 Å². The molecular formula is C17H18FNO3S. The molecule has 0 saturated heterocycles. The molecule has 2 N–H and O–H groups in total. The van der Waals surface area contributed by atoms with Crippen LogP contribution in [0.1, 0.15) is 28.4 Å². The van der Waals surface area contributed by atoms with Crippen molar-refractivity contribution in [2.24, 2.45) is 5.41 Å². The van der Waals surface area contributed by atoms with Gasteiger partial charge in [0.2, 0.25) is 0 Å². The molecule has 0 spiro atoms. The molecule has 0 radical (unpaired) electrons. The molecule has 4 nitrogen and oxygen atoms in total. The minimum atomic E-state index is -1.03. The van der Waals surface area contributed by atoms with Gasteiger partial charge in [-0.15, -0.1) is 11.3 Å². The van der Waals surface area contributed by atoms with Crippen LogP contribution in [0.25, 0.3) is 11.1 Å². The summed E-state index contributed by atoms with van der Waals surface area (Å²) in [5.74, 6) is -1.58. The average molecular weight is 335 g/mol. The monoisotopic (exact) mass is 335 g/mol. The molecule has 0 bridgehead atoms. The van der Waals surface area contributed by atoms with Gasteiger partial charge >= 0.3 is 5.97 Å². The molecule has 122 valence electrons. The number of carbonyl (C=O) groups excluding carboxylic acids is 1. The first-order valence-electron chi connectivity index (χ1n) is 7.08. The van der Waals surface area contributed by atoms with Crippen LogP contribution in [0.2, 0.25) is 0 Å². The lowest BCUT2D eigenvalue weighted by molar-refractivity contribution is -0.146. The Morgan fingerprint density at radius 1 is 1.26 bits per heavy atom. The molecule has 1 heterocycles. The third-order valence-corrected chi connectivity index (χ3v) is 4.62. The average Bonchev–Trinajstić information content (AvgIpc) is 2.87. The number of hydrogen-bond acceptors (Lipinski definition) is 3. The van der Waals surface area contributed by atoms with E-state index >= 15 is 0 Å². The van der Waals surface area contributed by atoms with Crippen molar-refractivity contribution in [2.45, 2.75) is 20.8 Å². The summed E-state index contributed by atoms with van der Waals surface area (Å²) in [5, 5.41) is 11.7. The summed E-state index contributed by atoms with van der Waals surface area (Å²) in [7, 11) is 0. The van der Waals surface area contributed by atoms with E-state index in [9.17, 15) is 14.0 Å². The first-order chi connectivity index (χ1) is 10.7. The predicted molar refractivity (Wildman–Crippen MR) is 88.2 cm³/mol. The highest BCUT2D eigenvalue weighted by Gasteiger charge is 2.28. The first kappa shape index (κ1) is 17.1. The zero-order valence-corrected chi connectivity index (χ0v) is 14.0. The van der Waals surface area contributed by atoms with Crippen molar-refractivity contribution in [1.29, 1.82) is 0 Å². The fourth-order valence-electron chi connectivity index (χ4n) is 1.97. The van der Waals surface area contributed by atoms with E-state index in [0.717, 1.165) is 16.0 Å². The molecule has 0 unspecified atom stereocenters. The second-order valence-corrected chi connectivity index (χ2v) is 7.22. The number of benzene rings is 1. The van der Waals surface area contributed by atoms with Crippen LogP contribution in [-0.4, -0.2) is 23.5 Å². The van der Waals surface area contributed by atoms with Crippen molar-refractivity contribution in [3.8, 4) is 11.1 Å². The molecule has 1 amide bonds. The number of hydrogen-bond donors (Lipinski definition) is 2. The number of amides is 1. The Morgan fingerprint density at radius 3 is 2.43 bits per heavy atom. The Morgan fingerprint density at radius 2 is 1.87 bits per heavy atom. The maximum Gasteiger partial charge on any atom is 0.310 e. The quantitative estimate of drug-likeness (QED) is 0.875. The van der Waals surface area contributed by atoms with E-state index in [4.69, 9.17) is 5.11 Å². The van der Waals surface area contributed by atoms with Crippen LogP contribution in [0.5, 0.6) is 0 Å². The van der Waals surface area contributed by atoms with Gasteiger partial charge in [0.1, 0.15) is 5.82 Å². The molecule has 0 fully saturated rings. The predicted octanol–water partition coefficient (Wildman–Crippen LogP) is 3.70. The van der Waals surface area contributed by atoms with Gasteiger partial charge in [0.25, 0.3) is 5.91 Å². The highest BCUT2D eigenvalue weighted by atomic mass is 32.1. The van der Waals surface area contributed by atoms with Crippen LogP contribution in [0.15, 0.2) is 30.3 Å². The van der Waals surface area contributed by atoms with Crippen molar-refractivity contribution in [3.63, 3.8) is 0 Å². The summed E-state index contributed by atoms with van der Waals surface area (Å²) in [6.07, 6.45) is 0. The topological polar surface area (TPSA) is 66.4 Å². The lowest BCUT2D eigenvalue weighted by Crippen LogP contribution is -2.38. The molecular weight excluding hydrogens is 317 g/mol. The van der Waals surface area contributed by atoms with E-state index in [1.165, 1.54) is 23.5 Å². The smallest absolute Gasteiger partial charge is 0.310 e. The maximum absolute atomic E-state index is 13.0. The molecule has 0 aliphatic heterocycles. The van der Waals surface area contributed by atoms with Gasteiger partial charge in [-0.1, -0.05) is 12.1 Å². The van der Waals surface area contributed by atoms with Crippen LogP contribution in [0, 0.1) is 18.2 Å². The summed E-state index contributed by atoms with van der Waals surface area (Å²) in [5.41, 5.74) is 0.685. The minimum absolute atomic E-state index is 0.0456. The molecule has 0 atom stereocenters. The standard InChI is InChI=1S/C17H18FNO3S/c1-10-13(11-4-6-12(18)7-5-11)8-14(23-10)15(20)19-9-17(2,3)16(21)22/h4-8H,9H2,1-3H3,(H,19,20)(H,21,22). The second kappa shape index (κ2) is 6.50. The van der Waals surface area contributed by atoms with Gasteiger partial charge in [-0.25, -0.2) is 4.39 Å². The van der Waals surface area contributed by atoms with Gasteiger partial charge < -0.3 is 10.4 Å². The third-order valence-electron chi connectivity index (χ3n) is 3.57. The van der Waals surface area contributed by atoms with Crippen LogP contribution < -0.4 is 5.32 Å². The van der Waals surface area contributed by atoms with Crippen molar-refractivity contribution in [1.82, 2.24) is 5.32 Å². The van der Waals surface area contributed by atoms with Gasteiger partial charge in [-0.05, 0) is 50.1 Å². The van der Waals surface area contributed by atoms with E-state index in [2.05, 4.69) is 5.32 Å². The Balaban J connectivity index is 2.16. The van der Waals surface area contributed by atoms with Crippen LogP contribution in [0.3, 0.4) is 0 Å². The lowest BCUT2D eigenvalue weighted by Gasteiger charge is -2.19. The van der Waals surface area contributed by atoms with E-state index in [0.29, 0.717) is 4.88 Å². The molecule has 2 rings (SSSR count). The SMILES string of the molecule is Cc1sc(C(=O)NCC(C)(C)C(=O)O)cc1-c1ccc(F)cc1. The summed E-state index contributed by atoms with van der Waals surface area (Å²) >= 11 is 1.33. The molecule has 23 heavy (non-hydrogen) atoms. The van der Waals surface area contributed by atoms with Crippen LogP contribution in [-0.2, 0) is 4.79 Å². The number of carbonyl (C=O) groups is 2. The number of thiophene rings is 1. The van der Waals surface area contributed by atoms with Gasteiger partial charge in [-0.3, -0.25) is 9.59 Å². The molecule has 0 saturated carbocycles. The maximum atomic E-state index is 13.0. The summed E-state index contributed by atoms with van der Waals surface area (Å²) in [6.45, 7) is 5.05. The van der Waals surface area contributed by atoms with Crippen LogP contribution >= 0.6 is 11.3 Å². The van der Waals surface area contributed by atoms with Crippen LogP contribution in [0.4, 0.5) is 4.39 Å². The van der Waals surface area contributed by atoms with E-state index < -0.39 is 11.4 Å². The molecule has 1 aromatic heterocycles. The van der Waals surface area contributed by atoms with Gasteiger partial charge in [-0.2, -0.15) is 0 Å². The molecule has 6 heteroatoms. The van der Waals surface area contributed by atoms with Crippen molar-refractivity contribution in [3.05, 3.63) is 45.9 Å². The number of rotatable bonds is 5. The molecule has 0 aliphatic carbocycles. The Bertz CT molecular complexity index is 735. The third kappa shape index (κ3) is 3.96. The van der Waals surface area contributed by atoms with Crippen molar-refractivity contribution < 1.29 is 19.1 Å². The van der Waals surface area contributed by atoms with Gasteiger partial charge in [0.05, 0.1) is 10.3 Å². The number of aliphatic carboxylic acids is 1. The summed E-state index contributed by atoms with van der Waals surface area (Å²) in [6, 6.07) is 7.83. The Hall–Kier alpha value is -2.21. The fraction of sp³-hybridized carbons (Fsp3) is 0.294. The number of carboxylic acid groups (broad SMARTS) is 1. The minimum Gasteiger partial charge on any atom is -0.481 e. The number of aryl methyl sites for hydroxylation is 1. The summed E-state index contributed by atoms with van der Waals surface area (Å²) in [4.78, 5) is 24.7. The largest absolute Gasteiger partial charge is 0.481 e. The Labute approximate surface area is 138 Å². The fourth-order valence-corrected chi connectivity index (χ4v) is 2.93. The highest BCUT2D eigenvalue weighted by molar-refractivity contribution is 7.14. The summed E-state index contributed by atoms with van der Waals surface area (Å²) < 4.78 is 13.0. The highest BCUT2D eigenvalue weighted by Crippen LogP contribution is 2.31. The normalized spacial score (nSPS) is 11.3. The molecule has 1 aromatic carbocycles. The number of nitrogens with one attached hydrogen (secondary N) is 1. The first-order valence-corrected chi connectivity index (χ1v) is 7.90. The molecule has 0 aliphatic rings. The number of halogens is 1. The van der Waals surface area contributed by atoms with Crippen molar-refractivity contribution >= 4 is 23.2 Å². The molecule has 2 aromatic rings. The Kier molecular flexibility index (Phi) is 4.85. The zero-order valence-electron chi connectivity index (χ0n) is 13.1. The van der Waals surface area contributed by atoms with E-state index in [1.54, 1.807) is 32.0 Å². The van der Waals surface area contributed by atoms with E-state index in [-0.39, 0.29) is 18.3 Å². The second-order valence-electron chi connectivity index (χ2n) is 5.96. The zero-order chi connectivity index (χ0) is 17.2. The van der Waals surface area contributed by atoms with Gasteiger partial charge in [0, 0.05) is 11.4 Å².